The number of rotatable bonds is 9. The summed E-state index contributed by atoms with van der Waals surface area (Å²) in [5.41, 5.74) is 1.46. The Hall–Kier alpha value is -2.08. The van der Waals surface area contributed by atoms with Crippen molar-refractivity contribution in [3.8, 4) is 0 Å². The summed E-state index contributed by atoms with van der Waals surface area (Å²) in [6, 6.07) is 7.00. The lowest BCUT2D eigenvalue weighted by Gasteiger charge is -2.27. The third-order valence-corrected chi connectivity index (χ3v) is 4.96. The largest absolute Gasteiger partial charge is 0.543 e. The number of benzene rings is 1. The average Bonchev–Trinajstić information content (AvgIpc) is 2.68. The van der Waals surface area contributed by atoms with Gasteiger partial charge in [-0.15, -0.1) is 0 Å². The van der Waals surface area contributed by atoms with E-state index in [0.29, 0.717) is 5.56 Å². The van der Waals surface area contributed by atoms with Gasteiger partial charge in [-0.05, 0) is 55.7 Å². The molecular weight excluding hydrogens is 348 g/mol. The van der Waals surface area contributed by atoms with E-state index in [9.17, 15) is 9.59 Å². The topological polar surface area (TPSA) is 71.1 Å². The van der Waals surface area contributed by atoms with Crippen LogP contribution < -0.4 is 0 Å². The van der Waals surface area contributed by atoms with Gasteiger partial charge in [0.1, 0.15) is 6.10 Å². The van der Waals surface area contributed by atoms with E-state index in [-0.39, 0.29) is 6.10 Å². The summed E-state index contributed by atoms with van der Waals surface area (Å²) in [6.45, 7) is 4.28. The quantitative estimate of drug-likeness (QED) is 0.319. The Morgan fingerprint density at radius 3 is 2.30 bits per heavy atom. The lowest BCUT2D eigenvalue weighted by molar-refractivity contribution is -0.453. The molecule has 0 N–H and O–H groups in total. The lowest BCUT2D eigenvalue weighted by atomic mass is 9.84. The fraction of sp³-hybridized carbons (Fsp3) is 0.619. The Morgan fingerprint density at radius 2 is 1.67 bits per heavy atom. The van der Waals surface area contributed by atoms with Gasteiger partial charge in [0.15, 0.2) is 0 Å². The fourth-order valence-corrected chi connectivity index (χ4v) is 3.41. The predicted octanol–water partition coefficient (Wildman–Crippen LogP) is 5.54. The molecule has 1 aliphatic rings. The number of carbonyl (C=O) groups excluding carboxylic acids is 2. The predicted molar refractivity (Wildman–Crippen MR) is 99.8 cm³/mol. The summed E-state index contributed by atoms with van der Waals surface area (Å²) in [7, 11) is 0. The third kappa shape index (κ3) is 7.59. The summed E-state index contributed by atoms with van der Waals surface area (Å²) < 4.78 is 5.20. The summed E-state index contributed by atoms with van der Waals surface area (Å²) in [5.74, 6) is -0.0102. The molecule has 1 saturated carbocycles. The fourth-order valence-electron chi connectivity index (χ4n) is 3.41. The van der Waals surface area contributed by atoms with Gasteiger partial charge in [0.25, 0.3) is 0 Å². The van der Waals surface area contributed by atoms with Gasteiger partial charge in [0.05, 0.1) is 10.6 Å². The normalized spacial score (nSPS) is 19.3. The van der Waals surface area contributed by atoms with E-state index in [1.807, 2.05) is 12.1 Å². The summed E-state index contributed by atoms with van der Waals surface area (Å²) in [4.78, 5) is 32.3. The number of carbonyl (C=O) groups is 2. The zero-order valence-electron chi connectivity index (χ0n) is 16.3. The van der Waals surface area contributed by atoms with E-state index in [1.54, 1.807) is 12.1 Å². The molecule has 0 atom stereocenters. The van der Waals surface area contributed by atoms with E-state index in [0.717, 1.165) is 50.0 Å². The van der Waals surface area contributed by atoms with E-state index >= 15 is 0 Å². The first-order chi connectivity index (χ1) is 13.1. The molecule has 1 aromatic rings. The van der Waals surface area contributed by atoms with Crippen molar-refractivity contribution < 1.29 is 29.1 Å². The molecule has 0 aromatic heterocycles. The van der Waals surface area contributed by atoms with Crippen LogP contribution in [-0.2, 0) is 26.0 Å². The first-order valence-electron chi connectivity index (χ1n) is 9.97. The molecule has 0 saturated heterocycles. The Balaban J connectivity index is 1.62. The van der Waals surface area contributed by atoms with Crippen LogP contribution in [0.1, 0.15) is 81.1 Å². The van der Waals surface area contributed by atoms with Crippen molar-refractivity contribution in [2.24, 2.45) is 5.92 Å². The highest BCUT2D eigenvalue weighted by Gasteiger charge is 2.24. The molecule has 0 bridgehead atoms. The molecule has 0 radical (unpaired) electrons. The second-order valence-corrected chi connectivity index (χ2v) is 7.12. The molecule has 1 aromatic carbocycles. The van der Waals surface area contributed by atoms with Crippen LogP contribution in [0.15, 0.2) is 24.3 Å². The second-order valence-electron chi connectivity index (χ2n) is 7.12. The van der Waals surface area contributed by atoms with Crippen LogP contribution in [0.3, 0.4) is 0 Å². The standard InChI is InChI=1S/C21H30O6/c1-3-5-7-17-10-14-19(15-11-17)24-21(23)26-27-25-20(22)18-12-8-16(6-4-2)9-13-18/h8-9,12-13,17,19H,3-7,10-11,14-15H2,1-2H3. The third-order valence-electron chi connectivity index (χ3n) is 4.96. The Labute approximate surface area is 161 Å². The van der Waals surface area contributed by atoms with Crippen LogP contribution in [0.25, 0.3) is 0 Å². The SMILES string of the molecule is CCCCC1CCC(OC(=O)OOOC(=O)c2ccc(CCC)cc2)CC1. The van der Waals surface area contributed by atoms with Crippen molar-refractivity contribution in [3.63, 3.8) is 0 Å². The van der Waals surface area contributed by atoms with Crippen molar-refractivity contribution in [3.05, 3.63) is 35.4 Å². The maximum absolute atomic E-state index is 11.8. The van der Waals surface area contributed by atoms with Crippen LogP contribution in [-0.4, -0.2) is 18.2 Å². The van der Waals surface area contributed by atoms with E-state index < -0.39 is 12.1 Å². The van der Waals surface area contributed by atoms with Crippen LogP contribution in [0.2, 0.25) is 0 Å². The molecule has 2 rings (SSSR count). The summed E-state index contributed by atoms with van der Waals surface area (Å²) in [5, 5.41) is 4.28. The molecule has 150 valence electrons. The Bertz CT molecular complexity index is 575. The molecule has 0 spiro atoms. The average molecular weight is 378 g/mol. The molecule has 1 aliphatic carbocycles. The van der Waals surface area contributed by atoms with Gasteiger partial charge in [-0.2, -0.15) is 0 Å². The molecule has 0 unspecified atom stereocenters. The van der Waals surface area contributed by atoms with Crippen molar-refractivity contribution >= 4 is 12.1 Å². The van der Waals surface area contributed by atoms with Crippen LogP contribution in [0.5, 0.6) is 0 Å². The van der Waals surface area contributed by atoms with Gasteiger partial charge in [0.2, 0.25) is 0 Å². The zero-order chi connectivity index (χ0) is 19.5. The number of unbranched alkanes of at least 4 members (excludes halogenated alkanes) is 1. The first-order valence-corrected chi connectivity index (χ1v) is 9.97. The minimum atomic E-state index is -0.988. The van der Waals surface area contributed by atoms with E-state index in [4.69, 9.17) is 4.74 Å². The number of hydrogen-bond acceptors (Lipinski definition) is 6. The van der Waals surface area contributed by atoms with Gasteiger partial charge in [-0.25, -0.2) is 14.5 Å². The highest BCUT2D eigenvalue weighted by molar-refractivity contribution is 5.88. The maximum Gasteiger partial charge on any atom is 0.543 e. The van der Waals surface area contributed by atoms with Crippen molar-refractivity contribution in [2.45, 2.75) is 77.7 Å². The van der Waals surface area contributed by atoms with E-state index in [2.05, 4.69) is 28.7 Å². The van der Waals surface area contributed by atoms with E-state index in [1.165, 1.54) is 19.3 Å². The smallest absolute Gasteiger partial charge is 0.429 e. The molecule has 27 heavy (non-hydrogen) atoms. The number of hydrogen-bond donors (Lipinski definition) is 0. The minimum absolute atomic E-state index is 0.166. The van der Waals surface area contributed by atoms with Crippen molar-refractivity contribution in [2.75, 3.05) is 0 Å². The van der Waals surface area contributed by atoms with Crippen molar-refractivity contribution in [1.29, 1.82) is 0 Å². The lowest BCUT2D eigenvalue weighted by Crippen LogP contribution is -2.25. The number of ether oxygens (including phenoxy) is 1. The van der Waals surface area contributed by atoms with Crippen LogP contribution in [0.4, 0.5) is 4.79 Å². The van der Waals surface area contributed by atoms with Crippen LogP contribution in [0, 0.1) is 5.92 Å². The molecular formula is C21H30O6. The summed E-state index contributed by atoms with van der Waals surface area (Å²) >= 11 is 0. The minimum Gasteiger partial charge on any atom is -0.429 e. The van der Waals surface area contributed by atoms with Crippen molar-refractivity contribution in [1.82, 2.24) is 0 Å². The first kappa shape index (κ1) is 21.2. The monoisotopic (exact) mass is 378 g/mol. The summed E-state index contributed by atoms with van der Waals surface area (Å²) in [6.07, 6.45) is 8.29. The molecule has 6 nitrogen and oxygen atoms in total. The molecule has 6 heteroatoms. The van der Waals surface area contributed by atoms with Gasteiger partial charge in [-0.1, -0.05) is 51.7 Å². The molecule has 0 amide bonds. The Morgan fingerprint density at radius 1 is 0.963 bits per heavy atom. The second kappa shape index (κ2) is 11.6. The Kier molecular flexibility index (Phi) is 9.11. The molecule has 0 aliphatic heterocycles. The maximum atomic E-state index is 11.8. The van der Waals surface area contributed by atoms with Gasteiger partial charge in [0, 0.05) is 0 Å². The molecule has 0 heterocycles. The van der Waals surface area contributed by atoms with Crippen LogP contribution >= 0.6 is 0 Å². The number of aryl methyl sites for hydroxylation is 1. The highest BCUT2D eigenvalue weighted by atomic mass is 17.5. The van der Waals surface area contributed by atoms with Gasteiger partial charge in [-0.3, -0.25) is 4.89 Å². The zero-order valence-corrected chi connectivity index (χ0v) is 16.3. The van der Waals surface area contributed by atoms with Gasteiger partial charge < -0.3 is 4.74 Å². The van der Waals surface area contributed by atoms with Gasteiger partial charge >= 0.3 is 12.1 Å². The highest BCUT2D eigenvalue weighted by Crippen LogP contribution is 2.29. The molecule has 1 fully saturated rings.